The van der Waals surface area contributed by atoms with Crippen LogP contribution in [0.1, 0.15) is 29.9 Å². The fourth-order valence-electron chi connectivity index (χ4n) is 2.60. The van der Waals surface area contributed by atoms with Crippen LogP contribution in [0.25, 0.3) is 0 Å². The molecule has 2 bridgehead atoms. The number of benzene rings is 1. The highest BCUT2D eigenvalue weighted by atomic mass is 79.9. The molecule has 15 heavy (non-hydrogen) atoms. The highest BCUT2D eigenvalue weighted by molar-refractivity contribution is 9.10. The first-order valence-corrected chi connectivity index (χ1v) is 5.95. The molecule has 3 aliphatic rings. The monoisotopic (exact) mass is 268 g/mol. The standard InChI is InChI=1S/C12H10BrFO/c13-10-3-7-4-12(15)8-1-6(2-8)9(7)5-11(10)14/h3,5-6,8H,1-2,4H2. The number of carbonyl (C=O) groups excluding carboxylic acids is 1. The Labute approximate surface area is 95.8 Å². The average Bonchev–Trinajstić information content (AvgIpc) is 2.28. The lowest BCUT2D eigenvalue weighted by atomic mass is 9.72. The molecule has 1 aromatic rings. The molecular weight excluding hydrogens is 259 g/mol. The number of Topliss-reactive ketones (excluding diaryl/α,β-unsaturated/α-hetero) is 1. The van der Waals surface area contributed by atoms with Gasteiger partial charge in [-0.25, -0.2) is 4.39 Å². The number of rotatable bonds is 0. The van der Waals surface area contributed by atoms with E-state index in [1.807, 2.05) is 0 Å². The van der Waals surface area contributed by atoms with E-state index in [1.54, 1.807) is 12.1 Å². The van der Waals surface area contributed by atoms with E-state index in [9.17, 15) is 9.18 Å². The van der Waals surface area contributed by atoms with Crippen molar-refractivity contribution in [2.75, 3.05) is 0 Å². The SMILES string of the molecule is O=C1Cc2cc(Br)c(F)cc2C2CC1C2. The molecule has 1 saturated carbocycles. The predicted octanol–water partition coefficient (Wildman–Crippen LogP) is 3.21. The number of carbonyl (C=O) groups is 1. The van der Waals surface area contributed by atoms with Gasteiger partial charge in [-0.1, -0.05) is 0 Å². The molecule has 1 aromatic carbocycles. The minimum Gasteiger partial charge on any atom is -0.299 e. The van der Waals surface area contributed by atoms with Crippen LogP contribution < -0.4 is 0 Å². The summed E-state index contributed by atoms with van der Waals surface area (Å²) in [6.45, 7) is 0. The number of ketones is 1. The maximum Gasteiger partial charge on any atom is 0.140 e. The van der Waals surface area contributed by atoms with Crippen molar-refractivity contribution in [3.63, 3.8) is 0 Å². The third-order valence-corrected chi connectivity index (χ3v) is 4.19. The van der Waals surface area contributed by atoms with Gasteiger partial charge >= 0.3 is 0 Å². The van der Waals surface area contributed by atoms with E-state index >= 15 is 0 Å². The lowest BCUT2D eigenvalue weighted by molar-refractivity contribution is -0.124. The maximum absolute atomic E-state index is 13.4. The van der Waals surface area contributed by atoms with Gasteiger partial charge in [0.1, 0.15) is 11.6 Å². The van der Waals surface area contributed by atoms with Crippen LogP contribution >= 0.6 is 15.9 Å². The maximum atomic E-state index is 13.4. The van der Waals surface area contributed by atoms with E-state index in [0.29, 0.717) is 22.6 Å². The Balaban J connectivity index is 2.14. The van der Waals surface area contributed by atoms with Crippen molar-refractivity contribution in [1.82, 2.24) is 0 Å². The van der Waals surface area contributed by atoms with Crippen molar-refractivity contribution in [1.29, 1.82) is 0 Å². The second kappa shape index (κ2) is 3.14. The summed E-state index contributed by atoms with van der Waals surface area (Å²) >= 11 is 3.17. The van der Waals surface area contributed by atoms with Crippen molar-refractivity contribution < 1.29 is 9.18 Å². The molecule has 3 heteroatoms. The first kappa shape index (κ1) is 9.52. The summed E-state index contributed by atoms with van der Waals surface area (Å²) in [7, 11) is 0. The van der Waals surface area contributed by atoms with Gasteiger partial charge in [0.05, 0.1) is 4.47 Å². The zero-order valence-corrected chi connectivity index (χ0v) is 9.68. The highest BCUT2D eigenvalue weighted by Crippen LogP contribution is 2.47. The molecule has 0 N–H and O–H groups in total. The van der Waals surface area contributed by atoms with Crippen LogP contribution in [0.5, 0.6) is 0 Å². The van der Waals surface area contributed by atoms with Crippen LogP contribution in [-0.4, -0.2) is 5.78 Å². The van der Waals surface area contributed by atoms with Crippen molar-refractivity contribution in [2.24, 2.45) is 5.92 Å². The van der Waals surface area contributed by atoms with Crippen LogP contribution in [0, 0.1) is 11.7 Å². The molecule has 0 aromatic heterocycles. The summed E-state index contributed by atoms with van der Waals surface area (Å²) in [4.78, 5) is 11.7. The molecule has 4 rings (SSSR count). The summed E-state index contributed by atoms with van der Waals surface area (Å²) < 4.78 is 13.9. The fourth-order valence-corrected chi connectivity index (χ4v) is 2.99. The zero-order valence-electron chi connectivity index (χ0n) is 8.09. The molecule has 0 amide bonds. The summed E-state index contributed by atoms with van der Waals surface area (Å²) in [5, 5.41) is 0. The summed E-state index contributed by atoms with van der Waals surface area (Å²) in [5.41, 5.74) is 2.07. The second-order valence-corrected chi connectivity index (χ2v) is 5.33. The van der Waals surface area contributed by atoms with Crippen LogP contribution in [0.15, 0.2) is 16.6 Å². The van der Waals surface area contributed by atoms with Gasteiger partial charge in [-0.05, 0) is 57.9 Å². The molecule has 3 aliphatic carbocycles. The molecule has 1 nitrogen and oxygen atoms in total. The number of halogens is 2. The fraction of sp³-hybridized carbons (Fsp3) is 0.417. The molecule has 0 unspecified atom stereocenters. The first-order chi connectivity index (χ1) is 7.15. The summed E-state index contributed by atoms with van der Waals surface area (Å²) in [6, 6.07) is 3.36. The van der Waals surface area contributed by atoms with Crippen LogP contribution in [-0.2, 0) is 11.2 Å². The molecule has 0 heterocycles. The Hall–Kier alpha value is -0.700. The van der Waals surface area contributed by atoms with Gasteiger partial charge in [-0.2, -0.15) is 0 Å². The van der Waals surface area contributed by atoms with E-state index in [4.69, 9.17) is 0 Å². The largest absolute Gasteiger partial charge is 0.299 e. The molecular formula is C12H10BrFO. The zero-order chi connectivity index (χ0) is 10.6. The Bertz CT molecular complexity index is 449. The lowest BCUT2D eigenvalue weighted by Crippen LogP contribution is -2.26. The van der Waals surface area contributed by atoms with Crippen LogP contribution in [0.2, 0.25) is 0 Å². The Morgan fingerprint density at radius 1 is 1.27 bits per heavy atom. The van der Waals surface area contributed by atoms with Gasteiger partial charge in [0.25, 0.3) is 0 Å². The average molecular weight is 269 g/mol. The minimum absolute atomic E-state index is 0.216. The smallest absolute Gasteiger partial charge is 0.140 e. The Morgan fingerprint density at radius 2 is 2.00 bits per heavy atom. The van der Waals surface area contributed by atoms with Gasteiger partial charge in [-0.3, -0.25) is 4.79 Å². The van der Waals surface area contributed by atoms with Gasteiger partial charge in [0.2, 0.25) is 0 Å². The van der Waals surface area contributed by atoms with E-state index < -0.39 is 0 Å². The van der Waals surface area contributed by atoms with Crippen molar-refractivity contribution in [3.05, 3.63) is 33.5 Å². The predicted molar refractivity (Wildman–Crippen MR) is 58.3 cm³/mol. The third kappa shape index (κ3) is 1.36. The first-order valence-electron chi connectivity index (χ1n) is 5.15. The molecule has 0 atom stereocenters. The van der Waals surface area contributed by atoms with Crippen molar-refractivity contribution in [3.8, 4) is 0 Å². The molecule has 0 spiro atoms. The molecule has 0 radical (unpaired) electrons. The van der Waals surface area contributed by atoms with E-state index in [-0.39, 0.29) is 11.7 Å². The highest BCUT2D eigenvalue weighted by Gasteiger charge is 2.39. The van der Waals surface area contributed by atoms with Gasteiger partial charge in [0, 0.05) is 12.3 Å². The topological polar surface area (TPSA) is 17.1 Å². The minimum atomic E-state index is -0.216. The second-order valence-electron chi connectivity index (χ2n) is 4.47. The molecule has 78 valence electrons. The van der Waals surface area contributed by atoms with Crippen LogP contribution in [0.3, 0.4) is 0 Å². The normalized spacial score (nSPS) is 28.0. The molecule has 0 saturated heterocycles. The van der Waals surface area contributed by atoms with Gasteiger partial charge < -0.3 is 0 Å². The third-order valence-electron chi connectivity index (χ3n) is 3.58. The van der Waals surface area contributed by atoms with Gasteiger partial charge in [-0.15, -0.1) is 0 Å². The quantitative estimate of drug-likeness (QED) is 0.706. The van der Waals surface area contributed by atoms with E-state index in [1.165, 1.54) is 0 Å². The lowest BCUT2D eigenvalue weighted by Gasteiger charge is -2.31. The van der Waals surface area contributed by atoms with Crippen molar-refractivity contribution >= 4 is 21.7 Å². The number of hydrogen-bond donors (Lipinski definition) is 0. The Morgan fingerprint density at radius 3 is 2.73 bits per heavy atom. The van der Waals surface area contributed by atoms with E-state index in [2.05, 4.69) is 15.9 Å². The molecule has 1 fully saturated rings. The van der Waals surface area contributed by atoms with Gasteiger partial charge in [0.15, 0.2) is 0 Å². The van der Waals surface area contributed by atoms with Crippen LogP contribution in [0.4, 0.5) is 4.39 Å². The van der Waals surface area contributed by atoms with Crippen molar-refractivity contribution in [2.45, 2.75) is 25.2 Å². The molecule has 0 aliphatic heterocycles. The summed E-state index contributed by atoms with van der Waals surface area (Å²) in [6.07, 6.45) is 2.33. The summed E-state index contributed by atoms with van der Waals surface area (Å²) in [5.74, 6) is 0.762. The van der Waals surface area contributed by atoms with E-state index in [0.717, 1.165) is 24.0 Å². The number of fused-ring (bicyclic) bond motifs is 1. The Kier molecular flexibility index (Phi) is 2.00. The number of hydrogen-bond acceptors (Lipinski definition) is 1.